The van der Waals surface area contributed by atoms with Crippen molar-refractivity contribution in [2.24, 2.45) is 0 Å². The molecule has 0 aliphatic heterocycles. The van der Waals surface area contributed by atoms with Gasteiger partial charge in [0, 0.05) is 46.9 Å². The first kappa shape index (κ1) is 27.5. The highest BCUT2D eigenvalue weighted by molar-refractivity contribution is 6.09. The van der Waals surface area contributed by atoms with Crippen molar-refractivity contribution in [3.05, 3.63) is 126 Å². The fourth-order valence-corrected chi connectivity index (χ4v) is 6.27. The van der Waals surface area contributed by atoms with Gasteiger partial charge in [-0.1, -0.05) is 49.7 Å². The normalized spacial score (nSPS) is 11.4. The van der Waals surface area contributed by atoms with E-state index in [0.29, 0.717) is 0 Å². The number of aromatic nitrogens is 4. The van der Waals surface area contributed by atoms with Crippen LogP contribution in [0.1, 0.15) is 30.0 Å². The number of aryl methyl sites for hydroxylation is 3. The zero-order valence-corrected chi connectivity index (χ0v) is 25.4. The fourth-order valence-electron chi connectivity index (χ4n) is 6.27. The number of hydrogen-bond donors (Lipinski definition) is 0. The summed E-state index contributed by atoms with van der Waals surface area (Å²) in [5.74, 6) is 3.01. The lowest BCUT2D eigenvalue weighted by Gasteiger charge is -2.11. The number of benzene rings is 4. The van der Waals surface area contributed by atoms with E-state index in [1.807, 2.05) is 59.4 Å². The van der Waals surface area contributed by atoms with Crippen molar-refractivity contribution in [2.45, 2.75) is 33.6 Å². The SMILES string of the molecule is CCCc1cc(C)c(-c2cnn(-c3cccc(Oc4ccc5c6ccccc6n(-c6cc(OC)ccn6)c5c4)c3)c2)c(C)c1. The van der Waals surface area contributed by atoms with Crippen LogP contribution in [0, 0.1) is 13.8 Å². The highest BCUT2D eigenvalue weighted by Crippen LogP contribution is 2.36. The quantitative estimate of drug-likeness (QED) is 0.180. The average Bonchev–Trinajstić information content (AvgIpc) is 3.64. The second kappa shape index (κ2) is 11.4. The van der Waals surface area contributed by atoms with E-state index < -0.39 is 0 Å². The van der Waals surface area contributed by atoms with Crippen LogP contribution >= 0.6 is 0 Å². The molecule has 6 heteroatoms. The maximum atomic E-state index is 6.45. The summed E-state index contributed by atoms with van der Waals surface area (Å²) in [5.41, 5.74) is 9.32. The van der Waals surface area contributed by atoms with Crippen molar-refractivity contribution in [3.63, 3.8) is 0 Å². The monoisotopic (exact) mass is 578 g/mol. The van der Waals surface area contributed by atoms with Crippen LogP contribution in [0.3, 0.4) is 0 Å². The standard InChI is InChI=1S/C38H34N4O2/c1-5-9-27-18-25(2)38(26(3)19-27)28-23-40-41(24-28)29-10-8-11-31(20-29)44-32-14-15-34-33-12-6-7-13-35(33)42(36(34)21-32)37-22-30(43-4)16-17-39-37/h6-8,10-24H,5,9H2,1-4H3. The third kappa shape index (κ3) is 4.98. The first-order chi connectivity index (χ1) is 21.5. The summed E-state index contributed by atoms with van der Waals surface area (Å²) in [5, 5.41) is 7.00. The van der Waals surface area contributed by atoms with Gasteiger partial charge in [-0.3, -0.25) is 4.57 Å². The summed E-state index contributed by atoms with van der Waals surface area (Å²) in [6.45, 7) is 6.60. The topological polar surface area (TPSA) is 54.1 Å². The fraction of sp³-hybridized carbons (Fsp3) is 0.158. The van der Waals surface area contributed by atoms with Gasteiger partial charge in [0.2, 0.25) is 0 Å². The van der Waals surface area contributed by atoms with Gasteiger partial charge in [-0.25, -0.2) is 9.67 Å². The lowest BCUT2D eigenvalue weighted by atomic mass is 9.94. The van der Waals surface area contributed by atoms with Crippen molar-refractivity contribution in [2.75, 3.05) is 7.11 Å². The molecular formula is C38H34N4O2. The minimum atomic E-state index is 0.734. The van der Waals surface area contributed by atoms with Crippen molar-refractivity contribution >= 4 is 21.8 Å². The molecule has 3 heterocycles. The van der Waals surface area contributed by atoms with Crippen LogP contribution in [-0.2, 0) is 6.42 Å². The predicted octanol–water partition coefficient (Wildman–Crippen LogP) is 9.40. The van der Waals surface area contributed by atoms with Gasteiger partial charge in [-0.2, -0.15) is 5.10 Å². The molecule has 0 fully saturated rings. The minimum Gasteiger partial charge on any atom is -0.497 e. The molecule has 7 aromatic rings. The first-order valence-corrected chi connectivity index (χ1v) is 15.0. The van der Waals surface area contributed by atoms with Crippen molar-refractivity contribution < 1.29 is 9.47 Å². The van der Waals surface area contributed by atoms with Gasteiger partial charge in [-0.15, -0.1) is 0 Å². The molecular weight excluding hydrogens is 544 g/mol. The van der Waals surface area contributed by atoms with Crippen LogP contribution in [0.25, 0.3) is 44.4 Å². The lowest BCUT2D eigenvalue weighted by molar-refractivity contribution is 0.414. The molecule has 0 radical (unpaired) electrons. The predicted molar refractivity (Wildman–Crippen MR) is 178 cm³/mol. The molecule has 0 atom stereocenters. The number of hydrogen-bond acceptors (Lipinski definition) is 4. The summed E-state index contributed by atoms with van der Waals surface area (Å²) in [6, 6.07) is 31.0. The Balaban J connectivity index is 1.22. The number of nitrogens with zero attached hydrogens (tertiary/aromatic N) is 4. The van der Waals surface area contributed by atoms with Crippen LogP contribution in [-0.4, -0.2) is 26.4 Å². The molecule has 0 aliphatic carbocycles. The van der Waals surface area contributed by atoms with E-state index >= 15 is 0 Å². The van der Waals surface area contributed by atoms with Crippen LogP contribution < -0.4 is 9.47 Å². The van der Waals surface area contributed by atoms with Crippen LogP contribution in [0.2, 0.25) is 0 Å². The third-order valence-corrected chi connectivity index (χ3v) is 8.15. The molecule has 0 N–H and O–H groups in total. The number of para-hydroxylation sites is 1. The molecule has 4 aromatic carbocycles. The van der Waals surface area contributed by atoms with Crippen molar-refractivity contribution in [3.8, 4) is 39.9 Å². The maximum absolute atomic E-state index is 6.45. The summed E-state index contributed by atoms with van der Waals surface area (Å²) in [6.07, 6.45) is 8.05. The molecule has 6 nitrogen and oxygen atoms in total. The van der Waals surface area contributed by atoms with Gasteiger partial charge in [0.15, 0.2) is 0 Å². The van der Waals surface area contributed by atoms with Gasteiger partial charge < -0.3 is 9.47 Å². The van der Waals surface area contributed by atoms with Crippen molar-refractivity contribution in [1.29, 1.82) is 0 Å². The van der Waals surface area contributed by atoms with Crippen LogP contribution in [0.5, 0.6) is 17.2 Å². The molecule has 3 aromatic heterocycles. The Morgan fingerprint density at radius 1 is 0.750 bits per heavy atom. The van der Waals surface area contributed by atoms with Gasteiger partial charge >= 0.3 is 0 Å². The molecule has 0 saturated carbocycles. The minimum absolute atomic E-state index is 0.734. The number of ether oxygens (including phenoxy) is 2. The van der Waals surface area contributed by atoms with E-state index in [1.54, 1.807) is 13.3 Å². The molecule has 0 saturated heterocycles. The molecule has 0 aliphatic rings. The largest absolute Gasteiger partial charge is 0.497 e. The third-order valence-electron chi connectivity index (χ3n) is 8.15. The number of fused-ring (bicyclic) bond motifs is 3. The highest BCUT2D eigenvalue weighted by Gasteiger charge is 2.15. The number of rotatable bonds is 8. The molecule has 0 unspecified atom stereocenters. The highest BCUT2D eigenvalue weighted by atomic mass is 16.5. The van der Waals surface area contributed by atoms with E-state index in [-0.39, 0.29) is 0 Å². The van der Waals surface area contributed by atoms with E-state index in [0.717, 1.165) is 69.0 Å². The van der Waals surface area contributed by atoms with Crippen LogP contribution in [0.4, 0.5) is 0 Å². The maximum Gasteiger partial charge on any atom is 0.141 e. The Bertz CT molecular complexity index is 2120. The Kier molecular flexibility index (Phi) is 7.10. The zero-order valence-electron chi connectivity index (χ0n) is 25.4. The molecule has 44 heavy (non-hydrogen) atoms. The second-order valence-corrected chi connectivity index (χ2v) is 11.2. The zero-order chi connectivity index (χ0) is 30.2. The van der Waals surface area contributed by atoms with E-state index in [1.165, 1.54) is 22.3 Å². The Hall–Kier alpha value is -5.36. The number of pyridine rings is 1. The molecule has 0 bridgehead atoms. The smallest absolute Gasteiger partial charge is 0.141 e. The lowest BCUT2D eigenvalue weighted by Crippen LogP contribution is -1.98. The molecule has 0 spiro atoms. The Labute approximate surface area is 257 Å². The van der Waals surface area contributed by atoms with E-state index in [4.69, 9.17) is 14.6 Å². The second-order valence-electron chi connectivity index (χ2n) is 11.2. The van der Waals surface area contributed by atoms with Gasteiger partial charge in [0.05, 0.1) is 30.0 Å². The molecule has 0 amide bonds. The Morgan fingerprint density at radius 3 is 2.36 bits per heavy atom. The number of methoxy groups -OCH3 is 1. The summed E-state index contributed by atoms with van der Waals surface area (Å²) in [4.78, 5) is 4.67. The van der Waals surface area contributed by atoms with Gasteiger partial charge in [0.25, 0.3) is 0 Å². The van der Waals surface area contributed by atoms with Crippen LogP contribution in [0.15, 0.2) is 110 Å². The molecule has 218 valence electrons. The summed E-state index contributed by atoms with van der Waals surface area (Å²) < 4.78 is 16.0. The Morgan fingerprint density at radius 2 is 1.55 bits per heavy atom. The van der Waals surface area contributed by atoms with E-state index in [9.17, 15) is 0 Å². The summed E-state index contributed by atoms with van der Waals surface area (Å²) >= 11 is 0. The first-order valence-electron chi connectivity index (χ1n) is 15.0. The van der Waals surface area contributed by atoms with Gasteiger partial charge in [-0.05, 0) is 78.9 Å². The van der Waals surface area contributed by atoms with E-state index in [2.05, 4.69) is 79.0 Å². The molecule has 7 rings (SSSR count). The summed E-state index contributed by atoms with van der Waals surface area (Å²) in [7, 11) is 1.67. The van der Waals surface area contributed by atoms with Gasteiger partial charge in [0.1, 0.15) is 23.1 Å². The van der Waals surface area contributed by atoms with Crippen molar-refractivity contribution in [1.82, 2.24) is 19.3 Å². The average molecular weight is 579 g/mol.